The summed E-state index contributed by atoms with van der Waals surface area (Å²) in [6.07, 6.45) is 3.79. The topological polar surface area (TPSA) is 64.2 Å². The van der Waals surface area contributed by atoms with Crippen molar-refractivity contribution in [3.63, 3.8) is 0 Å². The molecule has 0 fully saturated rings. The molecule has 0 spiro atoms. The minimum absolute atomic E-state index is 0.0888. The molecule has 0 unspecified atom stereocenters. The lowest BCUT2D eigenvalue weighted by molar-refractivity contribution is -0.626. The summed E-state index contributed by atoms with van der Waals surface area (Å²) in [5, 5.41) is 20.4. The maximum absolute atomic E-state index is 9.07. The molecule has 2 N–H and O–H groups in total. The number of hydrogen-bond donors (Lipinski definition) is 1. The van der Waals surface area contributed by atoms with Crippen molar-refractivity contribution in [1.29, 1.82) is 10.5 Å². The van der Waals surface area contributed by atoms with Crippen LogP contribution in [0.2, 0.25) is 0 Å². The summed E-state index contributed by atoms with van der Waals surface area (Å²) in [6.45, 7) is 5.25. The van der Waals surface area contributed by atoms with Crippen LogP contribution in [0, 0.1) is 28.1 Å². The molecule has 21 heavy (non-hydrogen) atoms. The van der Waals surface area contributed by atoms with Crippen LogP contribution in [0.4, 0.5) is 0 Å². The van der Waals surface area contributed by atoms with Gasteiger partial charge in [-0.2, -0.15) is 10.5 Å². The molecule has 3 heteroatoms. The smallest absolute Gasteiger partial charge is 0.133 e. The third-order valence-electron chi connectivity index (χ3n) is 3.70. The standard InChI is InChI=1S/C18H19N3/c1-18(2)9-15(16(11-19)12-20)8-17(10-18)21-13-14-6-4-3-5-7-14/h3-8,21H,9-10,13H2,1-2H3/p+1. The molecule has 1 aliphatic carbocycles. The molecule has 0 bridgehead atoms. The first-order valence-electron chi connectivity index (χ1n) is 7.15. The Morgan fingerprint density at radius 1 is 1.14 bits per heavy atom. The van der Waals surface area contributed by atoms with E-state index >= 15 is 0 Å². The van der Waals surface area contributed by atoms with Crippen LogP contribution in [0.15, 0.2) is 53.3 Å². The van der Waals surface area contributed by atoms with Gasteiger partial charge in [-0.3, -0.25) is 0 Å². The zero-order valence-corrected chi connectivity index (χ0v) is 12.6. The van der Waals surface area contributed by atoms with Crippen molar-refractivity contribution in [3.8, 4) is 12.1 Å². The lowest BCUT2D eigenvalue weighted by Crippen LogP contribution is -2.81. The summed E-state index contributed by atoms with van der Waals surface area (Å²) in [7, 11) is 0. The Morgan fingerprint density at radius 3 is 2.43 bits per heavy atom. The summed E-state index contributed by atoms with van der Waals surface area (Å²) in [4.78, 5) is 0. The van der Waals surface area contributed by atoms with Crippen molar-refractivity contribution in [3.05, 3.63) is 58.8 Å². The molecule has 3 nitrogen and oxygen atoms in total. The highest BCUT2D eigenvalue weighted by Gasteiger charge is 2.29. The Morgan fingerprint density at radius 2 is 1.81 bits per heavy atom. The van der Waals surface area contributed by atoms with E-state index in [0.29, 0.717) is 0 Å². The van der Waals surface area contributed by atoms with E-state index in [1.807, 2.05) is 36.4 Å². The van der Waals surface area contributed by atoms with E-state index in [2.05, 4.69) is 31.3 Å². The molecule has 2 rings (SSSR count). The average molecular weight is 278 g/mol. The Labute approximate surface area is 126 Å². The molecule has 0 saturated carbocycles. The van der Waals surface area contributed by atoms with Gasteiger partial charge in [-0.15, -0.1) is 0 Å². The molecule has 0 radical (unpaired) electrons. The zero-order chi connectivity index (χ0) is 15.3. The molecule has 1 aliphatic rings. The number of quaternary nitrogens is 1. The number of nitriles is 2. The predicted octanol–water partition coefficient (Wildman–Crippen LogP) is 2.80. The van der Waals surface area contributed by atoms with Crippen molar-refractivity contribution in [1.82, 2.24) is 0 Å². The van der Waals surface area contributed by atoms with E-state index in [1.54, 1.807) is 0 Å². The van der Waals surface area contributed by atoms with E-state index in [4.69, 9.17) is 10.5 Å². The predicted molar refractivity (Wildman–Crippen MR) is 81.4 cm³/mol. The van der Waals surface area contributed by atoms with Gasteiger partial charge in [0.2, 0.25) is 0 Å². The van der Waals surface area contributed by atoms with Crippen molar-refractivity contribution in [2.75, 3.05) is 0 Å². The van der Waals surface area contributed by atoms with Crippen molar-refractivity contribution >= 4 is 0 Å². The molecule has 1 aromatic rings. The van der Waals surface area contributed by atoms with Crippen LogP contribution in [0.25, 0.3) is 0 Å². The van der Waals surface area contributed by atoms with Crippen LogP contribution in [-0.2, 0) is 6.54 Å². The van der Waals surface area contributed by atoms with E-state index < -0.39 is 0 Å². The molecule has 0 saturated heterocycles. The second-order valence-corrected chi connectivity index (χ2v) is 6.25. The number of hydrogen-bond acceptors (Lipinski definition) is 2. The van der Waals surface area contributed by atoms with E-state index in [0.717, 1.165) is 25.0 Å². The highest BCUT2D eigenvalue weighted by Crippen LogP contribution is 2.36. The van der Waals surface area contributed by atoms with Crippen molar-refractivity contribution in [2.45, 2.75) is 33.2 Å². The molecular formula is C18H20N3+. The molecule has 106 valence electrons. The quantitative estimate of drug-likeness (QED) is 0.864. The normalized spacial score (nSPS) is 16.6. The fourth-order valence-corrected chi connectivity index (χ4v) is 2.78. The summed E-state index contributed by atoms with van der Waals surface area (Å²) >= 11 is 0. The van der Waals surface area contributed by atoms with Gasteiger partial charge < -0.3 is 5.32 Å². The maximum Gasteiger partial charge on any atom is 0.133 e. The van der Waals surface area contributed by atoms with Crippen LogP contribution >= 0.6 is 0 Å². The van der Waals surface area contributed by atoms with Gasteiger partial charge in [0.25, 0.3) is 0 Å². The highest BCUT2D eigenvalue weighted by atomic mass is 14.9. The number of nitrogens with two attached hydrogens (primary N) is 1. The van der Waals surface area contributed by atoms with Gasteiger partial charge in [0, 0.05) is 12.0 Å². The molecule has 0 atom stereocenters. The lowest BCUT2D eigenvalue weighted by Gasteiger charge is -2.29. The minimum Gasteiger partial charge on any atom is -0.314 e. The zero-order valence-electron chi connectivity index (χ0n) is 12.6. The second kappa shape index (κ2) is 6.39. The van der Waals surface area contributed by atoms with Crippen LogP contribution in [0.1, 0.15) is 32.3 Å². The molecular weight excluding hydrogens is 258 g/mol. The lowest BCUT2D eigenvalue weighted by atomic mass is 9.76. The van der Waals surface area contributed by atoms with Gasteiger partial charge in [-0.25, -0.2) is 0 Å². The van der Waals surface area contributed by atoms with Crippen molar-refractivity contribution in [2.24, 2.45) is 5.41 Å². The van der Waals surface area contributed by atoms with Gasteiger partial charge in [0.05, 0.1) is 0 Å². The number of nitrogens with zero attached hydrogens (tertiary/aromatic N) is 2. The van der Waals surface area contributed by atoms with Crippen LogP contribution in [-0.4, -0.2) is 0 Å². The molecule has 0 aliphatic heterocycles. The first-order chi connectivity index (χ1) is 10.0. The Bertz CT molecular complexity index is 636. The largest absolute Gasteiger partial charge is 0.314 e. The van der Waals surface area contributed by atoms with Gasteiger partial charge in [0.1, 0.15) is 30.0 Å². The first kappa shape index (κ1) is 15.0. The third-order valence-corrected chi connectivity index (χ3v) is 3.70. The Kier molecular flexibility index (Phi) is 4.58. The second-order valence-electron chi connectivity index (χ2n) is 6.25. The Balaban J connectivity index is 2.20. The number of rotatable bonds is 3. The molecule has 1 aromatic carbocycles. The van der Waals surface area contributed by atoms with Gasteiger partial charge in [0.15, 0.2) is 0 Å². The first-order valence-corrected chi connectivity index (χ1v) is 7.15. The molecule has 0 heterocycles. The van der Waals surface area contributed by atoms with Crippen LogP contribution < -0.4 is 5.32 Å². The van der Waals surface area contributed by atoms with Gasteiger partial charge in [-0.1, -0.05) is 44.2 Å². The average Bonchev–Trinajstić information content (AvgIpc) is 2.46. The number of benzene rings is 1. The monoisotopic (exact) mass is 278 g/mol. The minimum atomic E-state index is 0.0888. The third kappa shape index (κ3) is 4.05. The summed E-state index contributed by atoms with van der Waals surface area (Å²) in [5.41, 5.74) is 3.69. The fourth-order valence-electron chi connectivity index (χ4n) is 2.78. The van der Waals surface area contributed by atoms with Crippen LogP contribution in [0.5, 0.6) is 0 Å². The van der Waals surface area contributed by atoms with Crippen LogP contribution in [0.3, 0.4) is 0 Å². The maximum atomic E-state index is 9.07. The fraction of sp³-hybridized carbons (Fsp3) is 0.333. The van der Waals surface area contributed by atoms with Gasteiger partial charge >= 0.3 is 0 Å². The molecule has 0 aromatic heterocycles. The van der Waals surface area contributed by atoms with Gasteiger partial charge in [-0.05, 0) is 23.5 Å². The number of allylic oxidation sites excluding steroid dienone is 4. The summed E-state index contributed by atoms with van der Waals surface area (Å²) in [6, 6.07) is 14.3. The van der Waals surface area contributed by atoms with E-state index in [1.165, 1.54) is 11.3 Å². The Hall–Kier alpha value is -2.36. The van der Waals surface area contributed by atoms with E-state index in [9.17, 15) is 0 Å². The summed E-state index contributed by atoms with van der Waals surface area (Å²) in [5.74, 6) is 0. The summed E-state index contributed by atoms with van der Waals surface area (Å²) < 4.78 is 0. The van der Waals surface area contributed by atoms with E-state index in [-0.39, 0.29) is 11.0 Å². The highest BCUT2D eigenvalue weighted by molar-refractivity contribution is 5.46. The SMILES string of the molecule is CC1(C)CC([NH2+]Cc2ccccc2)=CC(=C(C#N)C#N)C1. The van der Waals surface area contributed by atoms with Crippen molar-refractivity contribution < 1.29 is 5.32 Å². The molecule has 0 amide bonds.